The Balaban J connectivity index is 2.24. The van der Waals surface area contributed by atoms with Gasteiger partial charge in [0.05, 0.1) is 0 Å². The number of para-hydroxylation sites is 1. The van der Waals surface area contributed by atoms with Crippen LogP contribution in [-0.2, 0) is 0 Å². The number of aryl methyl sites for hydroxylation is 2. The van der Waals surface area contributed by atoms with Gasteiger partial charge in [-0.15, -0.1) is 0 Å². The Hall–Kier alpha value is -2.58. The number of carbonyl (C=O) groups excluding carboxylic acids is 1. The van der Waals surface area contributed by atoms with E-state index in [1.54, 1.807) is 12.1 Å². The third kappa shape index (κ3) is 5.77. The van der Waals surface area contributed by atoms with Gasteiger partial charge >= 0.3 is 5.97 Å². The summed E-state index contributed by atoms with van der Waals surface area (Å²) in [5, 5.41) is 1.84. The molecule has 0 fully saturated rings. The molecular formula is C25H32O4Si2. The fourth-order valence-corrected chi connectivity index (χ4v) is 4.95. The fraction of sp³-hybridized carbons (Fsp3) is 0.320. The molecule has 0 atom stereocenters. The zero-order valence-electron chi connectivity index (χ0n) is 19.8. The molecule has 3 aromatic carbocycles. The molecule has 0 aliphatic rings. The van der Waals surface area contributed by atoms with Crippen LogP contribution in [0.1, 0.15) is 21.5 Å². The van der Waals surface area contributed by atoms with E-state index in [0.717, 1.165) is 21.9 Å². The normalized spacial score (nSPS) is 12.0. The first-order valence-electron chi connectivity index (χ1n) is 10.6. The van der Waals surface area contributed by atoms with Crippen molar-refractivity contribution < 1.29 is 18.4 Å². The van der Waals surface area contributed by atoms with E-state index in [2.05, 4.69) is 52.3 Å². The number of ether oxygens (including phenoxy) is 1. The summed E-state index contributed by atoms with van der Waals surface area (Å²) in [5.41, 5.74) is 2.43. The van der Waals surface area contributed by atoms with E-state index < -0.39 is 22.6 Å². The summed E-state index contributed by atoms with van der Waals surface area (Å²) >= 11 is 0. The smallest absolute Gasteiger partial charge is 0.347 e. The van der Waals surface area contributed by atoms with Crippen molar-refractivity contribution >= 4 is 33.4 Å². The molecular weight excluding hydrogens is 420 g/mol. The monoisotopic (exact) mass is 452 g/mol. The highest BCUT2D eigenvalue weighted by Gasteiger charge is 2.28. The van der Waals surface area contributed by atoms with Crippen LogP contribution < -0.4 is 13.6 Å². The third-order valence-electron chi connectivity index (χ3n) is 4.55. The molecule has 31 heavy (non-hydrogen) atoms. The molecule has 0 saturated carbocycles. The summed E-state index contributed by atoms with van der Waals surface area (Å²) in [5.74, 6) is 1.39. The Morgan fingerprint density at radius 3 is 2.00 bits per heavy atom. The Kier molecular flexibility index (Phi) is 6.34. The van der Waals surface area contributed by atoms with Gasteiger partial charge in [0.25, 0.3) is 0 Å². The fourth-order valence-electron chi connectivity index (χ4n) is 3.29. The van der Waals surface area contributed by atoms with Gasteiger partial charge in [0.2, 0.25) is 16.6 Å². The van der Waals surface area contributed by atoms with Gasteiger partial charge in [-0.2, -0.15) is 0 Å². The minimum absolute atomic E-state index is 0.398. The minimum Gasteiger partial charge on any atom is -0.544 e. The van der Waals surface area contributed by atoms with E-state index in [-0.39, 0.29) is 0 Å². The van der Waals surface area contributed by atoms with Crippen molar-refractivity contribution in [3.8, 4) is 17.2 Å². The first-order chi connectivity index (χ1) is 14.3. The molecule has 0 aromatic heterocycles. The lowest BCUT2D eigenvalue weighted by Crippen LogP contribution is -2.31. The van der Waals surface area contributed by atoms with Crippen molar-refractivity contribution in [2.24, 2.45) is 0 Å². The highest BCUT2D eigenvalue weighted by atomic mass is 28.4. The topological polar surface area (TPSA) is 44.8 Å². The van der Waals surface area contributed by atoms with Crippen LogP contribution in [0.4, 0.5) is 0 Å². The maximum Gasteiger partial charge on any atom is 0.347 e. The summed E-state index contributed by atoms with van der Waals surface area (Å²) in [6.45, 7) is 16.7. The van der Waals surface area contributed by atoms with Crippen molar-refractivity contribution in [3.05, 3.63) is 65.2 Å². The number of fused-ring (bicyclic) bond motifs is 1. The van der Waals surface area contributed by atoms with E-state index in [4.69, 9.17) is 13.6 Å². The molecule has 0 saturated heterocycles. The van der Waals surface area contributed by atoms with Crippen LogP contribution >= 0.6 is 0 Å². The van der Waals surface area contributed by atoms with Crippen molar-refractivity contribution in [3.63, 3.8) is 0 Å². The van der Waals surface area contributed by atoms with Crippen LogP contribution in [0.5, 0.6) is 17.2 Å². The van der Waals surface area contributed by atoms with Crippen molar-refractivity contribution in [1.82, 2.24) is 0 Å². The summed E-state index contributed by atoms with van der Waals surface area (Å²) in [6, 6.07) is 15.5. The van der Waals surface area contributed by atoms with Gasteiger partial charge < -0.3 is 13.6 Å². The van der Waals surface area contributed by atoms with Gasteiger partial charge in [-0.05, 0) is 76.9 Å². The molecule has 0 spiro atoms. The number of benzene rings is 3. The van der Waals surface area contributed by atoms with Crippen LogP contribution in [0.3, 0.4) is 0 Å². The maximum absolute atomic E-state index is 13.4. The Morgan fingerprint density at radius 2 is 1.39 bits per heavy atom. The second-order valence-electron chi connectivity index (χ2n) is 9.88. The highest BCUT2D eigenvalue weighted by Crippen LogP contribution is 2.40. The van der Waals surface area contributed by atoms with Gasteiger partial charge in [0.1, 0.15) is 22.8 Å². The van der Waals surface area contributed by atoms with Crippen LogP contribution in [0.15, 0.2) is 48.5 Å². The number of hydrogen-bond acceptors (Lipinski definition) is 4. The Morgan fingerprint density at radius 1 is 0.742 bits per heavy atom. The van der Waals surface area contributed by atoms with Gasteiger partial charge in [-0.1, -0.05) is 35.9 Å². The summed E-state index contributed by atoms with van der Waals surface area (Å²) in [4.78, 5) is 13.4. The Bertz CT molecular complexity index is 1120. The molecule has 6 heteroatoms. The van der Waals surface area contributed by atoms with Crippen LogP contribution in [-0.4, -0.2) is 22.6 Å². The zero-order chi connectivity index (χ0) is 23.0. The van der Waals surface area contributed by atoms with Gasteiger partial charge in [-0.25, -0.2) is 4.79 Å². The lowest BCUT2D eigenvalue weighted by molar-refractivity contribution is 0.0731. The second-order valence-corrected chi connectivity index (χ2v) is 18.7. The largest absolute Gasteiger partial charge is 0.544 e. The SMILES string of the molecule is Cc1ccc2c(O[Si](C)(C)C)c(C(=O)Oc3ccccc3C)cc(O[Si](C)(C)C)c2c1. The lowest BCUT2D eigenvalue weighted by atomic mass is 10.0. The molecule has 0 bridgehead atoms. The molecule has 3 aromatic rings. The number of rotatable bonds is 6. The molecule has 164 valence electrons. The molecule has 0 amide bonds. The summed E-state index contributed by atoms with van der Waals surface area (Å²) < 4.78 is 18.7. The van der Waals surface area contributed by atoms with Crippen molar-refractivity contribution in [1.29, 1.82) is 0 Å². The van der Waals surface area contributed by atoms with Crippen molar-refractivity contribution in [2.45, 2.75) is 53.1 Å². The number of hydrogen-bond donors (Lipinski definition) is 0. The van der Waals surface area contributed by atoms with E-state index >= 15 is 0 Å². The number of esters is 1. The van der Waals surface area contributed by atoms with Gasteiger partial charge in [0, 0.05) is 10.8 Å². The molecule has 0 aliphatic heterocycles. The van der Waals surface area contributed by atoms with Crippen LogP contribution in [0, 0.1) is 13.8 Å². The summed E-state index contributed by atoms with van der Waals surface area (Å²) in [7, 11) is -3.94. The average Bonchev–Trinajstić information content (AvgIpc) is 2.63. The first-order valence-corrected chi connectivity index (χ1v) is 17.4. The standard InChI is InChI=1S/C25H32O4Si2/c1-17-13-14-19-20(15-17)23(28-30(3,4)5)16-21(24(19)29-31(6,7)8)25(26)27-22-12-10-9-11-18(22)2/h9-16H,1-8H3. The van der Waals surface area contributed by atoms with Gasteiger partial charge in [0.15, 0.2) is 0 Å². The molecule has 0 radical (unpaired) electrons. The molecule has 0 unspecified atom stereocenters. The first kappa shape index (κ1) is 23.1. The quantitative estimate of drug-likeness (QED) is 0.227. The predicted octanol–water partition coefficient (Wildman–Crippen LogP) is 7.10. The van der Waals surface area contributed by atoms with Crippen LogP contribution in [0.25, 0.3) is 10.8 Å². The maximum atomic E-state index is 13.4. The lowest BCUT2D eigenvalue weighted by Gasteiger charge is -2.26. The highest BCUT2D eigenvalue weighted by molar-refractivity contribution is 6.71. The molecule has 0 aliphatic carbocycles. The van der Waals surface area contributed by atoms with Crippen LogP contribution in [0.2, 0.25) is 39.3 Å². The van der Waals surface area contributed by atoms with Crippen molar-refractivity contribution in [2.75, 3.05) is 0 Å². The molecule has 4 nitrogen and oxygen atoms in total. The average molecular weight is 453 g/mol. The number of carbonyl (C=O) groups is 1. The predicted molar refractivity (Wildman–Crippen MR) is 133 cm³/mol. The molecule has 0 N–H and O–H groups in total. The van der Waals surface area contributed by atoms with E-state index in [1.165, 1.54) is 0 Å². The van der Waals surface area contributed by atoms with E-state index in [1.807, 2.05) is 37.3 Å². The Labute approximate surface area is 187 Å². The van der Waals surface area contributed by atoms with E-state index in [9.17, 15) is 4.79 Å². The molecule has 3 rings (SSSR count). The van der Waals surface area contributed by atoms with Gasteiger partial charge in [-0.3, -0.25) is 0 Å². The third-order valence-corrected chi connectivity index (χ3v) is 6.19. The van der Waals surface area contributed by atoms with E-state index in [0.29, 0.717) is 22.8 Å². The second kappa shape index (κ2) is 8.51. The zero-order valence-corrected chi connectivity index (χ0v) is 21.8. The minimum atomic E-state index is -2.01. The summed E-state index contributed by atoms with van der Waals surface area (Å²) in [6.07, 6.45) is 0. The molecule has 0 heterocycles.